The van der Waals surface area contributed by atoms with Crippen LogP contribution in [-0.2, 0) is 0 Å². The third kappa shape index (κ3) is 2.19. The van der Waals surface area contributed by atoms with E-state index in [-0.39, 0.29) is 0 Å². The van der Waals surface area contributed by atoms with Crippen molar-refractivity contribution in [1.29, 1.82) is 0 Å². The molecule has 2 saturated heterocycles. The summed E-state index contributed by atoms with van der Waals surface area (Å²) in [4.78, 5) is 15.1. The van der Waals surface area contributed by atoms with Gasteiger partial charge in [0, 0.05) is 19.1 Å². The smallest absolute Gasteiger partial charge is 0.140 e. The number of hydrogen-bond acceptors (Lipinski definition) is 5. The molecule has 2 aromatic rings. The maximum Gasteiger partial charge on any atom is 0.140 e. The van der Waals surface area contributed by atoms with E-state index in [2.05, 4.69) is 31.2 Å². The Labute approximate surface area is 123 Å². The molecule has 0 bridgehead atoms. The van der Waals surface area contributed by atoms with E-state index in [4.69, 9.17) is 0 Å². The standard InChI is InChI=1S/C15H20N4S/c1-2-7-18(6-1)12-3-8-19(9-4-12)14-13-5-10-20-15(13)17-11-16-14/h5,10-12H,1-4,6-9H2. The van der Waals surface area contributed by atoms with Crippen LogP contribution in [0.4, 0.5) is 5.82 Å². The van der Waals surface area contributed by atoms with Crippen LogP contribution in [0, 0.1) is 0 Å². The van der Waals surface area contributed by atoms with Crippen molar-refractivity contribution in [2.24, 2.45) is 0 Å². The molecule has 0 aromatic carbocycles. The number of piperidine rings is 1. The van der Waals surface area contributed by atoms with Crippen molar-refractivity contribution in [1.82, 2.24) is 14.9 Å². The molecule has 4 rings (SSSR count). The van der Waals surface area contributed by atoms with Crippen LogP contribution in [0.3, 0.4) is 0 Å². The van der Waals surface area contributed by atoms with Crippen LogP contribution in [-0.4, -0.2) is 47.1 Å². The summed E-state index contributed by atoms with van der Waals surface area (Å²) < 4.78 is 0. The number of hydrogen-bond donors (Lipinski definition) is 0. The van der Waals surface area contributed by atoms with Gasteiger partial charge in [0.2, 0.25) is 0 Å². The maximum absolute atomic E-state index is 4.53. The van der Waals surface area contributed by atoms with Crippen molar-refractivity contribution in [2.45, 2.75) is 31.7 Å². The number of aromatic nitrogens is 2. The van der Waals surface area contributed by atoms with Gasteiger partial charge in [-0.25, -0.2) is 9.97 Å². The minimum absolute atomic E-state index is 0.800. The van der Waals surface area contributed by atoms with Gasteiger partial charge in [0.25, 0.3) is 0 Å². The van der Waals surface area contributed by atoms with Crippen LogP contribution in [0.25, 0.3) is 10.2 Å². The van der Waals surface area contributed by atoms with Crippen LogP contribution in [0.15, 0.2) is 17.8 Å². The molecule has 0 radical (unpaired) electrons. The van der Waals surface area contributed by atoms with Gasteiger partial charge in [-0.05, 0) is 50.2 Å². The highest BCUT2D eigenvalue weighted by atomic mass is 32.1. The Bertz CT molecular complexity index is 582. The van der Waals surface area contributed by atoms with E-state index in [0.717, 1.165) is 29.8 Å². The Morgan fingerprint density at radius 3 is 2.65 bits per heavy atom. The van der Waals surface area contributed by atoms with E-state index in [1.807, 2.05) is 0 Å². The Morgan fingerprint density at radius 2 is 1.85 bits per heavy atom. The highest BCUT2D eigenvalue weighted by Gasteiger charge is 2.27. The largest absolute Gasteiger partial charge is 0.356 e. The van der Waals surface area contributed by atoms with E-state index in [9.17, 15) is 0 Å². The predicted molar refractivity (Wildman–Crippen MR) is 83.5 cm³/mol. The normalized spacial score (nSPS) is 21.9. The number of anilines is 1. The van der Waals surface area contributed by atoms with Crippen molar-refractivity contribution < 1.29 is 0 Å². The molecule has 4 nitrogen and oxygen atoms in total. The second kappa shape index (κ2) is 5.30. The average molecular weight is 288 g/mol. The van der Waals surface area contributed by atoms with E-state index in [1.54, 1.807) is 17.7 Å². The van der Waals surface area contributed by atoms with Gasteiger partial charge in [0.15, 0.2) is 0 Å². The van der Waals surface area contributed by atoms with Crippen molar-refractivity contribution >= 4 is 27.4 Å². The molecule has 4 heterocycles. The van der Waals surface area contributed by atoms with Crippen molar-refractivity contribution in [3.63, 3.8) is 0 Å². The first-order valence-electron chi connectivity index (χ1n) is 7.59. The highest BCUT2D eigenvalue weighted by molar-refractivity contribution is 7.16. The Kier molecular flexibility index (Phi) is 3.32. The summed E-state index contributed by atoms with van der Waals surface area (Å²) in [5.41, 5.74) is 0. The van der Waals surface area contributed by atoms with E-state index >= 15 is 0 Å². The molecule has 0 amide bonds. The molecule has 0 unspecified atom stereocenters. The lowest BCUT2D eigenvalue weighted by molar-refractivity contribution is 0.208. The topological polar surface area (TPSA) is 32.3 Å². The third-order valence-corrected chi connectivity index (χ3v) is 5.48. The van der Waals surface area contributed by atoms with Crippen LogP contribution in [0.5, 0.6) is 0 Å². The highest BCUT2D eigenvalue weighted by Crippen LogP contribution is 2.30. The monoisotopic (exact) mass is 288 g/mol. The summed E-state index contributed by atoms with van der Waals surface area (Å²) in [5.74, 6) is 1.14. The second-order valence-electron chi connectivity index (χ2n) is 5.80. The van der Waals surface area contributed by atoms with Crippen LogP contribution < -0.4 is 4.90 Å². The predicted octanol–water partition coefficient (Wildman–Crippen LogP) is 2.76. The molecule has 0 atom stereocenters. The molecule has 0 aliphatic carbocycles. The zero-order valence-electron chi connectivity index (χ0n) is 11.7. The number of fused-ring (bicyclic) bond motifs is 1. The summed E-state index contributed by atoms with van der Waals surface area (Å²) in [5, 5.41) is 3.33. The number of nitrogens with zero attached hydrogens (tertiary/aromatic N) is 4. The molecule has 5 heteroatoms. The molecule has 0 N–H and O–H groups in total. The van der Waals surface area contributed by atoms with E-state index in [1.165, 1.54) is 44.2 Å². The quantitative estimate of drug-likeness (QED) is 0.850. The molecule has 2 aliphatic rings. The van der Waals surface area contributed by atoms with E-state index in [0.29, 0.717) is 0 Å². The lowest BCUT2D eigenvalue weighted by Crippen LogP contribution is -2.44. The SMILES string of the molecule is c1nc(N2CCC(N3CCCC3)CC2)c2ccsc2n1. The molecular formula is C15H20N4S. The molecular weight excluding hydrogens is 268 g/mol. The number of likely N-dealkylation sites (tertiary alicyclic amines) is 1. The zero-order valence-corrected chi connectivity index (χ0v) is 12.5. The Hall–Kier alpha value is -1.20. The first-order chi connectivity index (χ1) is 9.92. The summed E-state index contributed by atoms with van der Waals surface area (Å²) in [6.45, 7) is 4.88. The third-order valence-electron chi connectivity index (χ3n) is 4.66. The molecule has 2 fully saturated rings. The fraction of sp³-hybridized carbons (Fsp3) is 0.600. The van der Waals surface area contributed by atoms with Gasteiger partial charge in [0.05, 0.1) is 5.39 Å². The molecule has 106 valence electrons. The first-order valence-corrected chi connectivity index (χ1v) is 8.47. The Morgan fingerprint density at radius 1 is 1.05 bits per heavy atom. The second-order valence-corrected chi connectivity index (χ2v) is 6.69. The lowest BCUT2D eigenvalue weighted by atomic mass is 10.0. The van der Waals surface area contributed by atoms with Crippen LogP contribution in [0.1, 0.15) is 25.7 Å². The molecule has 20 heavy (non-hydrogen) atoms. The Balaban J connectivity index is 1.50. The first kappa shape index (κ1) is 12.5. The lowest BCUT2D eigenvalue weighted by Gasteiger charge is -2.37. The van der Waals surface area contributed by atoms with Gasteiger partial charge in [-0.15, -0.1) is 11.3 Å². The van der Waals surface area contributed by atoms with Gasteiger partial charge in [0.1, 0.15) is 17.0 Å². The maximum atomic E-state index is 4.53. The van der Waals surface area contributed by atoms with Gasteiger partial charge in [-0.2, -0.15) is 0 Å². The van der Waals surface area contributed by atoms with Crippen molar-refractivity contribution in [3.05, 3.63) is 17.8 Å². The van der Waals surface area contributed by atoms with Gasteiger partial charge >= 0.3 is 0 Å². The molecule has 2 aromatic heterocycles. The van der Waals surface area contributed by atoms with Crippen LogP contribution >= 0.6 is 11.3 Å². The number of rotatable bonds is 2. The minimum atomic E-state index is 0.800. The summed E-state index contributed by atoms with van der Waals surface area (Å²) in [6.07, 6.45) is 7.04. The van der Waals surface area contributed by atoms with E-state index < -0.39 is 0 Å². The fourth-order valence-corrected chi connectivity index (χ4v) is 4.31. The fourth-order valence-electron chi connectivity index (χ4n) is 3.58. The molecule has 0 saturated carbocycles. The van der Waals surface area contributed by atoms with Crippen molar-refractivity contribution in [2.75, 3.05) is 31.1 Å². The van der Waals surface area contributed by atoms with Crippen molar-refractivity contribution in [3.8, 4) is 0 Å². The van der Waals surface area contributed by atoms with Crippen LogP contribution in [0.2, 0.25) is 0 Å². The van der Waals surface area contributed by atoms with Gasteiger partial charge in [-0.1, -0.05) is 0 Å². The number of thiophene rings is 1. The zero-order chi connectivity index (χ0) is 13.4. The average Bonchev–Trinajstić information content (AvgIpc) is 3.18. The molecule has 0 spiro atoms. The summed E-state index contributed by atoms with van der Waals surface area (Å²) in [6, 6.07) is 2.95. The summed E-state index contributed by atoms with van der Waals surface area (Å²) in [7, 11) is 0. The minimum Gasteiger partial charge on any atom is -0.356 e. The van der Waals surface area contributed by atoms with Gasteiger partial charge < -0.3 is 9.80 Å². The summed E-state index contributed by atoms with van der Waals surface area (Å²) >= 11 is 1.70. The van der Waals surface area contributed by atoms with Gasteiger partial charge in [-0.3, -0.25) is 0 Å². The molecule has 2 aliphatic heterocycles.